The summed E-state index contributed by atoms with van der Waals surface area (Å²) in [7, 11) is 0. The first-order valence-corrected chi connectivity index (χ1v) is 6.56. The lowest BCUT2D eigenvalue weighted by atomic mass is 9.98. The monoisotopic (exact) mass is 244 g/mol. The summed E-state index contributed by atoms with van der Waals surface area (Å²) in [5.41, 5.74) is 1.02. The molecule has 0 aliphatic rings. The van der Waals surface area contributed by atoms with Crippen LogP contribution in [-0.2, 0) is 4.74 Å². The highest BCUT2D eigenvalue weighted by Gasteiger charge is 2.10. The van der Waals surface area contributed by atoms with E-state index in [1.807, 2.05) is 31.2 Å². The largest absolute Gasteiger partial charge is 0.388 e. The van der Waals surface area contributed by atoms with Gasteiger partial charge in [0, 0.05) is 13.2 Å². The van der Waals surface area contributed by atoms with Crippen molar-refractivity contribution in [3.8, 4) is 0 Å². The lowest BCUT2D eigenvalue weighted by Gasteiger charge is -2.13. The Morgan fingerprint density at radius 3 is 2.72 bits per heavy atom. The van der Waals surface area contributed by atoms with Gasteiger partial charge < -0.3 is 9.84 Å². The fraction of sp³-hybridized carbons (Fsp3) is 0.375. The van der Waals surface area contributed by atoms with E-state index >= 15 is 0 Å². The van der Waals surface area contributed by atoms with E-state index in [-0.39, 0.29) is 0 Å². The van der Waals surface area contributed by atoms with Gasteiger partial charge in [-0.25, -0.2) is 0 Å². The molecule has 0 saturated heterocycles. The molecule has 18 heavy (non-hydrogen) atoms. The Bertz CT molecular complexity index is 488. The molecule has 0 aromatic heterocycles. The van der Waals surface area contributed by atoms with Gasteiger partial charge in [0.1, 0.15) is 0 Å². The number of hydrogen-bond acceptors (Lipinski definition) is 2. The smallest absolute Gasteiger partial charge is 0.0796 e. The van der Waals surface area contributed by atoms with Crippen LogP contribution >= 0.6 is 0 Å². The fourth-order valence-electron chi connectivity index (χ4n) is 2.22. The van der Waals surface area contributed by atoms with Crippen LogP contribution in [0.25, 0.3) is 10.8 Å². The van der Waals surface area contributed by atoms with Gasteiger partial charge in [-0.05, 0) is 36.1 Å². The van der Waals surface area contributed by atoms with Crippen molar-refractivity contribution < 1.29 is 9.84 Å². The quantitative estimate of drug-likeness (QED) is 0.785. The maximum Gasteiger partial charge on any atom is 0.0796 e. The minimum absolute atomic E-state index is 0.406. The molecule has 0 aliphatic carbocycles. The van der Waals surface area contributed by atoms with Crippen LogP contribution in [0.5, 0.6) is 0 Å². The summed E-state index contributed by atoms with van der Waals surface area (Å²) < 4.78 is 5.30. The van der Waals surface area contributed by atoms with Gasteiger partial charge in [-0.15, -0.1) is 0 Å². The van der Waals surface area contributed by atoms with E-state index < -0.39 is 6.10 Å². The van der Waals surface area contributed by atoms with Crippen molar-refractivity contribution in [2.24, 2.45) is 0 Å². The molecule has 2 aromatic carbocycles. The van der Waals surface area contributed by atoms with E-state index in [0.717, 1.165) is 37.0 Å². The molecule has 2 heteroatoms. The first kappa shape index (κ1) is 13.1. The molecule has 0 heterocycles. The van der Waals surface area contributed by atoms with E-state index in [1.54, 1.807) is 0 Å². The Labute approximate surface area is 108 Å². The number of benzene rings is 2. The number of ether oxygens (including phenoxy) is 1. The highest BCUT2D eigenvalue weighted by Crippen LogP contribution is 2.26. The summed E-state index contributed by atoms with van der Waals surface area (Å²) in [5, 5.41) is 12.6. The highest BCUT2D eigenvalue weighted by atomic mass is 16.5. The van der Waals surface area contributed by atoms with E-state index in [4.69, 9.17) is 4.74 Å². The van der Waals surface area contributed by atoms with Crippen molar-refractivity contribution in [1.82, 2.24) is 0 Å². The zero-order valence-corrected chi connectivity index (χ0v) is 10.8. The van der Waals surface area contributed by atoms with Crippen molar-refractivity contribution in [3.05, 3.63) is 48.0 Å². The molecule has 1 N–H and O–H groups in total. The van der Waals surface area contributed by atoms with Gasteiger partial charge in [0.25, 0.3) is 0 Å². The summed E-state index contributed by atoms with van der Waals surface area (Å²) in [6.07, 6.45) is 1.23. The second-order valence-corrected chi connectivity index (χ2v) is 4.42. The average Bonchev–Trinajstić information content (AvgIpc) is 2.43. The third-order valence-electron chi connectivity index (χ3n) is 3.15. The minimum Gasteiger partial charge on any atom is -0.388 e. The number of aliphatic hydroxyl groups is 1. The normalized spacial score (nSPS) is 12.8. The first-order valence-electron chi connectivity index (χ1n) is 6.56. The van der Waals surface area contributed by atoms with Gasteiger partial charge in [-0.1, -0.05) is 42.5 Å². The molecule has 2 nitrogen and oxygen atoms in total. The van der Waals surface area contributed by atoms with E-state index in [2.05, 4.69) is 18.2 Å². The molecule has 0 radical (unpaired) electrons. The van der Waals surface area contributed by atoms with Gasteiger partial charge in [-0.3, -0.25) is 0 Å². The van der Waals surface area contributed by atoms with Crippen LogP contribution in [0.2, 0.25) is 0 Å². The minimum atomic E-state index is -0.406. The molecule has 96 valence electrons. The third kappa shape index (κ3) is 3.09. The maximum atomic E-state index is 10.3. The Hall–Kier alpha value is -1.38. The molecular formula is C16H20O2. The van der Waals surface area contributed by atoms with Crippen LogP contribution in [0.4, 0.5) is 0 Å². The lowest BCUT2D eigenvalue weighted by Crippen LogP contribution is -2.01. The van der Waals surface area contributed by atoms with Crippen LogP contribution in [-0.4, -0.2) is 18.3 Å². The Balaban J connectivity index is 2.10. The summed E-state index contributed by atoms with van der Waals surface area (Å²) >= 11 is 0. The third-order valence-corrected chi connectivity index (χ3v) is 3.15. The number of rotatable bonds is 6. The van der Waals surface area contributed by atoms with Gasteiger partial charge in [0.15, 0.2) is 0 Å². The Morgan fingerprint density at radius 1 is 1.11 bits per heavy atom. The topological polar surface area (TPSA) is 29.5 Å². The van der Waals surface area contributed by atoms with Crippen LogP contribution < -0.4 is 0 Å². The zero-order valence-electron chi connectivity index (χ0n) is 10.8. The molecule has 0 amide bonds. The van der Waals surface area contributed by atoms with Crippen LogP contribution in [0, 0.1) is 0 Å². The number of hydrogen-bond donors (Lipinski definition) is 1. The van der Waals surface area contributed by atoms with Crippen molar-refractivity contribution in [1.29, 1.82) is 0 Å². The van der Waals surface area contributed by atoms with Crippen LogP contribution in [0.1, 0.15) is 31.4 Å². The molecule has 1 atom stereocenters. The van der Waals surface area contributed by atoms with Gasteiger partial charge in [0.05, 0.1) is 6.10 Å². The molecule has 1 unspecified atom stereocenters. The lowest BCUT2D eigenvalue weighted by molar-refractivity contribution is 0.115. The second-order valence-electron chi connectivity index (χ2n) is 4.42. The summed E-state index contributed by atoms with van der Waals surface area (Å²) in [4.78, 5) is 0. The molecule has 0 aliphatic heterocycles. The predicted octanol–water partition coefficient (Wildman–Crippen LogP) is 3.69. The zero-order chi connectivity index (χ0) is 12.8. The SMILES string of the molecule is CCOCCCC(O)c1cccc2ccccc12. The standard InChI is InChI=1S/C16H20O2/c1-2-18-12-6-11-16(17)15-10-5-8-13-7-3-4-9-14(13)15/h3-5,7-10,16-17H,2,6,11-12H2,1H3. The maximum absolute atomic E-state index is 10.3. The van der Waals surface area contributed by atoms with Crippen molar-refractivity contribution >= 4 is 10.8 Å². The van der Waals surface area contributed by atoms with E-state index in [0.29, 0.717) is 0 Å². The molecule has 2 rings (SSSR count). The Kier molecular flexibility index (Phi) is 4.73. The summed E-state index contributed by atoms with van der Waals surface area (Å²) in [5.74, 6) is 0. The second kappa shape index (κ2) is 6.53. The van der Waals surface area contributed by atoms with E-state index in [9.17, 15) is 5.11 Å². The van der Waals surface area contributed by atoms with Crippen molar-refractivity contribution in [2.45, 2.75) is 25.9 Å². The summed E-state index contributed by atoms with van der Waals surface area (Å²) in [6, 6.07) is 14.3. The molecule has 0 fully saturated rings. The van der Waals surface area contributed by atoms with Crippen LogP contribution in [0.15, 0.2) is 42.5 Å². The predicted molar refractivity (Wildman–Crippen MR) is 74.6 cm³/mol. The van der Waals surface area contributed by atoms with E-state index in [1.165, 1.54) is 5.39 Å². The van der Waals surface area contributed by atoms with Gasteiger partial charge >= 0.3 is 0 Å². The van der Waals surface area contributed by atoms with Gasteiger partial charge in [-0.2, -0.15) is 0 Å². The molecule has 0 bridgehead atoms. The van der Waals surface area contributed by atoms with Gasteiger partial charge in [0.2, 0.25) is 0 Å². The summed E-state index contributed by atoms with van der Waals surface area (Å²) in [6.45, 7) is 3.45. The molecule has 0 saturated carbocycles. The fourth-order valence-corrected chi connectivity index (χ4v) is 2.22. The average molecular weight is 244 g/mol. The number of aliphatic hydroxyl groups excluding tert-OH is 1. The first-order chi connectivity index (χ1) is 8.83. The molecular weight excluding hydrogens is 224 g/mol. The van der Waals surface area contributed by atoms with Crippen LogP contribution in [0.3, 0.4) is 0 Å². The van der Waals surface area contributed by atoms with Crippen molar-refractivity contribution in [2.75, 3.05) is 13.2 Å². The molecule has 2 aromatic rings. The Morgan fingerprint density at radius 2 is 1.89 bits per heavy atom. The van der Waals surface area contributed by atoms with Crippen molar-refractivity contribution in [3.63, 3.8) is 0 Å². The highest BCUT2D eigenvalue weighted by molar-refractivity contribution is 5.85. The molecule has 0 spiro atoms. The number of fused-ring (bicyclic) bond motifs is 1.